The van der Waals surface area contributed by atoms with Gasteiger partial charge in [-0.3, -0.25) is 0 Å². The van der Waals surface area contributed by atoms with Crippen molar-refractivity contribution in [3.63, 3.8) is 0 Å². The Bertz CT molecular complexity index is 398. The number of fused-ring (bicyclic) bond motifs is 1. The molecule has 0 saturated carbocycles. The van der Waals surface area contributed by atoms with Crippen molar-refractivity contribution < 1.29 is 4.74 Å². The molecule has 1 heterocycles. The predicted octanol–water partition coefficient (Wildman–Crippen LogP) is 4.10. The third-order valence-corrected chi connectivity index (χ3v) is 4.33. The van der Waals surface area contributed by atoms with E-state index in [0.29, 0.717) is 6.04 Å². The zero-order valence-electron chi connectivity index (χ0n) is 12.5. The minimum absolute atomic E-state index is 0.478. The van der Waals surface area contributed by atoms with Gasteiger partial charge >= 0.3 is 0 Å². The Morgan fingerprint density at radius 2 is 1.95 bits per heavy atom. The van der Waals surface area contributed by atoms with Crippen molar-refractivity contribution in [3.05, 3.63) is 29.3 Å². The maximum Gasteiger partial charge on any atom is 0.122 e. The van der Waals surface area contributed by atoms with Crippen LogP contribution in [0, 0.1) is 5.92 Å². The minimum atomic E-state index is 0.478. The molecule has 1 aliphatic rings. The summed E-state index contributed by atoms with van der Waals surface area (Å²) in [6.45, 7) is 8.79. The molecule has 1 N–H and O–H groups in total. The molecule has 1 aromatic carbocycles. The van der Waals surface area contributed by atoms with Crippen LogP contribution in [0.2, 0.25) is 0 Å². The van der Waals surface area contributed by atoms with Gasteiger partial charge in [-0.05, 0) is 36.1 Å². The molecule has 2 heteroatoms. The molecule has 2 nitrogen and oxygen atoms in total. The van der Waals surface area contributed by atoms with E-state index in [0.717, 1.165) is 37.7 Å². The monoisotopic (exact) mass is 261 g/mol. The quantitative estimate of drug-likeness (QED) is 0.798. The normalized spacial score (nSPS) is 15.4. The molecule has 0 saturated heterocycles. The molecular weight excluding hydrogens is 234 g/mol. The zero-order valence-corrected chi connectivity index (χ0v) is 12.5. The summed E-state index contributed by atoms with van der Waals surface area (Å²) >= 11 is 0. The Labute approximate surface area is 117 Å². The highest BCUT2D eigenvalue weighted by Crippen LogP contribution is 2.29. The maximum atomic E-state index is 5.58. The average molecular weight is 261 g/mol. The van der Waals surface area contributed by atoms with E-state index in [4.69, 9.17) is 4.74 Å². The van der Waals surface area contributed by atoms with Crippen LogP contribution in [0.4, 0.5) is 0 Å². The predicted molar refractivity (Wildman–Crippen MR) is 80.7 cm³/mol. The zero-order chi connectivity index (χ0) is 13.7. The second-order valence-corrected chi connectivity index (χ2v) is 5.52. The fourth-order valence-corrected chi connectivity index (χ4v) is 2.81. The molecular formula is C17H27NO. The van der Waals surface area contributed by atoms with Crippen LogP contribution in [0.5, 0.6) is 5.75 Å². The number of benzene rings is 1. The lowest BCUT2D eigenvalue weighted by Gasteiger charge is -2.21. The molecule has 106 valence electrons. The topological polar surface area (TPSA) is 21.3 Å². The molecule has 19 heavy (non-hydrogen) atoms. The first-order valence-corrected chi connectivity index (χ1v) is 7.77. The fourth-order valence-electron chi connectivity index (χ4n) is 2.81. The molecule has 1 atom stereocenters. The summed E-state index contributed by atoms with van der Waals surface area (Å²) in [5, 5.41) is 3.74. The van der Waals surface area contributed by atoms with Crippen LogP contribution in [0.15, 0.2) is 18.2 Å². The molecule has 0 aromatic heterocycles. The molecule has 1 aliphatic heterocycles. The molecule has 2 rings (SSSR count). The number of hydrogen-bond acceptors (Lipinski definition) is 2. The third kappa shape index (κ3) is 3.50. The van der Waals surface area contributed by atoms with Crippen molar-refractivity contribution in [1.82, 2.24) is 5.32 Å². The molecule has 0 bridgehead atoms. The Hall–Kier alpha value is -1.02. The third-order valence-electron chi connectivity index (χ3n) is 4.33. The van der Waals surface area contributed by atoms with Gasteiger partial charge in [-0.1, -0.05) is 45.7 Å². The first-order valence-electron chi connectivity index (χ1n) is 7.77. The van der Waals surface area contributed by atoms with E-state index in [1.165, 1.54) is 24.0 Å². The van der Waals surface area contributed by atoms with Gasteiger partial charge in [-0.25, -0.2) is 0 Å². The molecule has 0 spiro atoms. The van der Waals surface area contributed by atoms with Crippen LogP contribution >= 0.6 is 0 Å². The van der Waals surface area contributed by atoms with Gasteiger partial charge in [-0.15, -0.1) is 0 Å². The van der Waals surface area contributed by atoms with Crippen LogP contribution in [-0.4, -0.2) is 13.2 Å². The van der Waals surface area contributed by atoms with Crippen LogP contribution in [0.1, 0.15) is 57.2 Å². The van der Waals surface area contributed by atoms with Crippen molar-refractivity contribution in [2.24, 2.45) is 5.92 Å². The van der Waals surface area contributed by atoms with E-state index in [2.05, 4.69) is 44.3 Å². The first kappa shape index (κ1) is 14.4. The summed E-state index contributed by atoms with van der Waals surface area (Å²) in [7, 11) is 0. The lowest BCUT2D eigenvalue weighted by Crippen LogP contribution is -2.26. The van der Waals surface area contributed by atoms with Gasteiger partial charge < -0.3 is 10.1 Å². The molecule has 1 aromatic rings. The molecule has 0 aliphatic carbocycles. The van der Waals surface area contributed by atoms with Crippen LogP contribution in [-0.2, 0) is 6.42 Å². The van der Waals surface area contributed by atoms with Crippen LogP contribution < -0.4 is 10.1 Å². The van der Waals surface area contributed by atoms with E-state index in [-0.39, 0.29) is 0 Å². The van der Waals surface area contributed by atoms with Crippen molar-refractivity contribution in [2.75, 3.05) is 13.2 Å². The highest BCUT2D eigenvalue weighted by Gasteiger charge is 2.16. The number of ether oxygens (including phenoxy) is 1. The minimum Gasteiger partial charge on any atom is -0.493 e. The number of nitrogens with one attached hydrogen (secondary N) is 1. The second kappa shape index (κ2) is 6.95. The van der Waals surface area contributed by atoms with E-state index in [9.17, 15) is 0 Å². The highest BCUT2D eigenvalue weighted by molar-refractivity contribution is 5.40. The van der Waals surface area contributed by atoms with Gasteiger partial charge in [0.15, 0.2) is 0 Å². The average Bonchev–Trinajstić information content (AvgIpc) is 2.91. The van der Waals surface area contributed by atoms with Gasteiger partial charge in [0.1, 0.15) is 5.75 Å². The van der Waals surface area contributed by atoms with Gasteiger partial charge in [0.2, 0.25) is 0 Å². The Morgan fingerprint density at radius 3 is 2.63 bits per heavy atom. The second-order valence-electron chi connectivity index (χ2n) is 5.52. The van der Waals surface area contributed by atoms with Gasteiger partial charge in [-0.2, -0.15) is 0 Å². The van der Waals surface area contributed by atoms with Crippen molar-refractivity contribution in [1.29, 1.82) is 0 Å². The Balaban J connectivity index is 2.01. The standard InChI is InChI=1S/C17H27NO/c1-4-13(5-2)12-18-16(6-3)14-7-8-17-15(11-14)9-10-19-17/h7-8,11,13,16,18H,4-6,9-10,12H2,1-3H3. The van der Waals surface area contributed by atoms with Crippen LogP contribution in [0.25, 0.3) is 0 Å². The SMILES string of the molecule is CCC(CC)CNC(CC)c1ccc2c(c1)CCO2. The fraction of sp³-hybridized carbons (Fsp3) is 0.647. The lowest BCUT2D eigenvalue weighted by atomic mass is 9.98. The van der Waals surface area contributed by atoms with E-state index in [1.54, 1.807) is 0 Å². The van der Waals surface area contributed by atoms with Gasteiger partial charge in [0.05, 0.1) is 6.61 Å². The van der Waals surface area contributed by atoms with Crippen molar-refractivity contribution in [2.45, 2.75) is 52.5 Å². The molecule has 0 amide bonds. The van der Waals surface area contributed by atoms with Gasteiger partial charge in [0, 0.05) is 12.5 Å². The maximum absolute atomic E-state index is 5.58. The number of hydrogen-bond donors (Lipinski definition) is 1. The largest absolute Gasteiger partial charge is 0.493 e. The summed E-state index contributed by atoms with van der Waals surface area (Å²) in [5.41, 5.74) is 2.79. The molecule has 1 unspecified atom stereocenters. The molecule has 0 radical (unpaired) electrons. The van der Waals surface area contributed by atoms with E-state index >= 15 is 0 Å². The summed E-state index contributed by atoms with van der Waals surface area (Å²) in [4.78, 5) is 0. The van der Waals surface area contributed by atoms with Gasteiger partial charge in [0.25, 0.3) is 0 Å². The summed E-state index contributed by atoms with van der Waals surface area (Å²) in [5.74, 6) is 1.88. The van der Waals surface area contributed by atoms with Crippen LogP contribution in [0.3, 0.4) is 0 Å². The number of rotatable bonds is 7. The first-order chi connectivity index (χ1) is 9.28. The Morgan fingerprint density at radius 1 is 1.16 bits per heavy atom. The van der Waals surface area contributed by atoms with E-state index in [1.807, 2.05) is 0 Å². The lowest BCUT2D eigenvalue weighted by molar-refractivity contribution is 0.356. The summed E-state index contributed by atoms with van der Waals surface area (Å²) in [6, 6.07) is 7.17. The van der Waals surface area contributed by atoms with Crippen molar-refractivity contribution in [3.8, 4) is 5.75 Å². The summed E-state index contributed by atoms with van der Waals surface area (Å²) < 4.78 is 5.58. The van der Waals surface area contributed by atoms with E-state index < -0.39 is 0 Å². The van der Waals surface area contributed by atoms with Crippen molar-refractivity contribution >= 4 is 0 Å². The highest BCUT2D eigenvalue weighted by atomic mass is 16.5. The Kier molecular flexibility index (Phi) is 5.26. The summed E-state index contributed by atoms with van der Waals surface area (Å²) in [6.07, 6.45) is 4.72. The smallest absolute Gasteiger partial charge is 0.122 e. The molecule has 0 fully saturated rings.